The van der Waals surface area contributed by atoms with Gasteiger partial charge in [-0.25, -0.2) is 0 Å². The first-order valence-electron chi connectivity index (χ1n) is 0.597. The van der Waals surface area contributed by atoms with Crippen LogP contribution in [0.4, 0.5) is 4.11 Å². The second kappa shape index (κ2) is 9.90. The summed E-state index contributed by atoms with van der Waals surface area (Å²) in [5.41, 5.74) is 0. The van der Waals surface area contributed by atoms with Gasteiger partial charge in [0.15, 0.2) is 0 Å². The minimum Gasteiger partial charge on any atom is -0.560 e. The third-order valence-electron chi connectivity index (χ3n) is 0. The van der Waals surface area contributed by atoms with Crippen LogP contribution in [-0.4, -0.2) is 72.1 Å². The van der Waals surface area contributed by atoms with Crippen LogP contribution in [0.5, 0.6) is 0 Å². The Kier molecular flexibility index (Phi) is 25.8. The van der Waals surface area contributed by atoms with Crippen LogP contribution in [0.2, 0.25) is 0 Å². The Hall–Kier alpha value is 1.76. The normalized spacial score (nSPS) is 4.17. The molecule has 0 atom stereocenters. The van der Waals surface area contributed by atoms with Crippen molar-refractivity contribution in [3.63, 3.8) is 0 Å². The van der Waals surface area contributed by atoms with Crippen molar-refractivity contribution in [1.29, 1.82) is 0 Å². The zero-order valence-electron chi connectivity index (χ0n) is 2.98. The molecule has 0 aromatic rings. The van der Waals surface area contributed by atoms with Gasteiger partial charge in [-0.1, -0.05) is 0 Å². The van der Waals surface area contributed by atoms with Crippen molar-refractivity contribution in [3.05, 3.63) is 0 Å². The first-order chi connectivity index (χ1) is 1.73. The second-order valence-corrected chi connectivity index (χ2v) is 0.713. The Morgan fingerprint density at radius 3 is 1.67 bits per heavy atom. The summed E-state index contributed by atoms with van der Waals surface area (Å²) in [6, 6.07) is 0. The Morgan fingerprint density at radius 2 is 1.67 bits per heavy atom. The van der Waals surface area contributed by atoms with Crippen LogP contribution in [0.3, 0.4) is 0 Å². The zero-order chi connectivity index (χ0) is 3.58. The summed E-state index contributed by atoms with van der Waals surface area (Å²) in [7, 11) is -3.88. The second-order valence-electron chi connectivity index (χ2n) is 0.238. The van der Waals surface area contributed by atoms with Gasteiger partial charge in [-0.05, 0) is 0 Å². The molecule has 0 aliphatic rings. The van der Waals surface area contributed by atoms with E-state index >= 15 is 0 Å². The van der Waals surface area contributed by atoms with Crippen LogP contribution in [0, 0.1) is 0 Å². The van der Waals surface area contributed by atoms with E-state index in [1.807, 2.05) is 0 Å². The van der Waals surface area contributed by atoms with E-state index in [-0.39, 0.29) is 62.8 Å². The first kappa shape index (κ1) is 15.7. The Balaban J connectivity index is -0.0000000450. The summed E-state index contributed by atoms with van der Waals surface area (Å²) in [5.74, 6) is 0. The average Bonchev–Trinajstić information content (AvgIpc) is 0.811. The molecule has 2 nitrogen and oxygen atoms in total. The minimum absolute atomic E-state index is 0. The Morgan fingerprint density at radius 1 is 1.67 bits per heavy atom. The molecule has 0 saturated heterocycles. The molecule has 0 amide bonds. The summed E-state index contributed by atoms with van der Waals surface area (Å²) >= 11 is 0. The minimum atomic E-state index is -3.88. The van der Waals surface area contributed by atoms with Crippen LogP contribution in [0.25, 0.3) is 0 Å². The summed E-state index contributed by atoms with van der Waals surface area (Å²) in [6.07, 6.45) is 0. The van der Waals surface area contributed by atoms with Gasteiger partial charge in [0.2, 0.25) is 0 Å². The van der Waals surface area contributed by atoms with E-state index in [9.17, 15) is 4.11 Å². The molecule has 24 valence electrons. The van der Waals surface area contributed by atoms with Crippen molar-refractivity contribution in [1.82, 2.24) is 0 Å². The van der Waals surface area contributed by atoms with Crippen molar-refractivity contribution < 1.29 is 13.4 Å². The van der Waals surface area contributed by atoms with Gasteiger partial charge in [-0.3, -0.25) is 4.11 Å². The predicted octanol–water partition coefficient (Wildman–Crippen LogP) is -2.03. The molecule has 0 rings (SSSR count). The predicted molar refractivity (Wildman–Crippen MR) is 19.1 cm³/mol. The molecule has 0 fully saturated rings. The molecule has 0 unspecified atom stereocenters. The molecule has 0 aromatic carbocycles. The first-order valence-corrected chi connectivity index (χ1v) is 1.79. The largest absolute Gasteiger partial charge is 3.00 e. The van der Waals surface area contributed by atoms with E-state index in [1.54, 1.807) is 0 Å². The fourth-order valence-corrected chi connectivity index (χ4v) is 0. The SMILES string of the molecule is O=[Si]([O-])F.[Al+3].[Sr+2]. The van der Waals surface area contributed by atoms with Crippen LogP contribution in [0.1, 0.15) is 0 Å². The molecule has 0 N–H and O–H groups in total. The van der Waals surface area contributed by atoms with Crippen molar-refractivity contribution in [2.75, 3.05) is 0 Å². The molecule has 0 spiro atoms. The smallest absolute Gasteiger partial charge is 0.560 e. The van der Waals surface area contributed by atoms with Crippen molar-refractivity contribution in [3.8, 4) is 0 Å². The Bertz CT molecular complexity index is 36.5. The van der Waals surface area contributed by atoms with Crippen LogP contribution in [-0.2, 0) is 4.46 Å². The Labute approximate surface area is 84.1 Å². The topological polar surface area (TPSA) is 40.1 Å². The van der Waals surface area contributed by atoms with Crippen LogP contribution in [0.15, 0.2) is 0 Å². The molecule has 0 saturated carbocycles. The molecule has 6 heteroatoms. The molecule has 0 radical (unpaired) electrons. The molecule has 0 heterocycles. The third-order valence-corrected chi connectivity index (χ3v) is 0. The van der Waals surface area contributed by atoms with Gasteiger partial charge >= 0.3 is 72.1 Å². The fourth-order valence-electron chi connectivity index (χ4n) is 0. The number of hydrogen-bond donors (Lipinski definition) is 0. The third kappa shape index (κ3) is 42.1. The average molecular weight is 194 g/mol. The zero-order valence-corrected chi connectivity index (χ0v) is 8.61. The van der Waals surface area contributed by atoms with Gasteiger partial charge in [0.05, 0.1) is 0 Å². The molecule has 0 aliphatic carbocycles. The van der Waals surface area contributed by atoms with E-state index in [0.29, 0.717) is 0 Å². The number of rotatable bonds is 0. The van der Waals surface area contributed by atoms with Crippen molar-refractivity contribution >= 4 is 72.1 Å². The van der Waals surface area contributed by atoms with Gasteiger partial charge in [0, 0.05) is 0 Å². The standard InChI is InChI=1S/Al.FO2Si.Sr/c;1-4(2)3;/q+3;-1;+2. The van der Waals surface area contributed by atoms with Gasteiger partial charge in [-0.15, -0.1) is 0 Å². The molecular formula is AlFO2SiSr+4. The maximum Gasteiger partial charge on any atom is 3.00 e. The van der Waals surface area contributed by atoms with Crippen LogP contribution >= 0.6 is 0 Å². The van der Waals surface area contributed by atoms with Gasteiger partial charge in [0.1, 0.15) is 0 Å². The van der Waals surface area contributed by atoms with E-state index in [1.165, 1.54) is 0 Å². The number of halogens is 1. The summed E-state index contributed by atoms with van der Waals surface area (Å²) in [6.45, 7) is 0. The summed E-state index contributed by atoms with van der Waals surface area (Å²) in [5, 5.41) is 0. The van der Waals surface area contributed by atoms with Gasteiger partial charge < -0.3 is 9.26 Å². The van der Waals surface area contributed by atoms with E-state index in [4.69, 9.17) is 9.26 Å². The number of hydrogen-bond acceptors (Lipinski definition) is 2. The van der Waals surface area contributed by atoms with Gasteiger partial charge in [-0.2, -0.15) is 0 Å². The van der Waals surface area contributed by atoms with Crippen LogP contribution < -0.4 is 4.80 Å². The van der Waals surface area contributed by atoms with E-state index < -0.39 is 9.26 Å². The van der Waals surface area contributed by atoms with Crippen molar-refractivity contribution in [2.24, 2.45) is 0 Å². The maximum absolute atomic E-state index is 9.99. The van der Waals surface area contributed by atoms with Crippen molar-refractivity contribution in [2.45, 2.75) is 0 Å². The fraction of sp³-hybridized carbons (Fsp3) is 0. The molecule has 6 heavy (non-hydrogen) atoms. The summed E-state index contributed by atoms with van der Waals surface area (Å²) < 4.78 is 18.4. The van der Waals surface area contributed by atoms with E-state index in [0.717, 1.165) is 0 Å². The summed E-state index contributed by atoms with van der Waals surface area (Å²) in [4.78, 5) is 8.41. The molecule has 0 aliphatic heterocycles. The quantitative estimate of drug-likeness (QED) is 0.329. The molecular weight excluding hydrogens is 194 g/mol. The molecule has 0 bridgehead atoms. The molecule has 0 aromatic heterocycles. The maximum atomic E-state index is 9.99. The van der Waals surface area contributed by atoms with E-state index in [2.05, 4.69) is 0 Å². The monoisotopic (exact) mass is 194 g/mol. The van der Waals surface area contributed by atoms with Gasteiger partial charge in [0.25, 0.3) is 0 Å².